The van der Waals surface area contributed by atoms with Crippen LogP contribution in [0.2, 0.25) is 0 Å². The normalized spacial score (nSPS) is 10.1. The van der Waals surface area contributed by atoms with Crippen LogP contribution in [-0.2, 0) is 10.5 Å². The number of carbonyl (C=O) groups is 1. The summed E-state index contributed by atoms with van der Waals surface area (Å²) in [7, 11) is 3.32. The maximum atomic E-state index is 11.0. The molecule has 1 N–H and O–H groups in total. The lowest BCUT2D eigenvalue weighted by Crippen LogP contribution is -2.05. The van der Waals surface area contributed by atoms with E-state index in [-0.39, 0.29) is 5.91 Å². The largest absolute Gasteiger partial charge is 0.497 e. The van der Waals surface area contributed by atoms with Gasteiger partial charge in [-0.1, -0.05) is 0 Å². The van der Waals surface area contributed by atoms with E-state index in [2.05, 4.69) is 5.32 Å². The molecule has 0 atom stereocenters. The van der Waals surface area contributed by atoms with Crippen LogP contribution in [-0.4, -0.2) is 20.1 Å². The summed E-state index contributed by atoms with van der Waals surface area (Å²) >= 11 is 1.70. The molecule has 0 saturated heterocycles. The van der Waals surface area contributed by atoms with E-state index in [1.165, 1.54) is 6.92 Å². The Labute approximate surface area is 134 Å². The Morgan fingerprint density at radius 1 is 1.09 bits per heavy atom. The Balaban J connectivity index is 2.04. The van der Waals surface area contributed by atoms with Gasteiger partial charge in [-0.3, -0.25) is 4.79 Å². The fourth-order valence-corrected chi connectivity index (χ4v) is 2.87. The number of nitrogens with one attached hydrogen (secondary N) is 1. The average molecular weight is 317 g/mol. The first-order valence-corrected chi connectivity index (χ1v) is 7.82. The summed E-state index contributed by atoms with van der Waals surface area (Å²) < 4.78 is 10.6. The first-order chi connectivity index (χ1) is 10.6. The molecule has 0 bridgehead atoms. The fraction of sp³-hybridized carbons (Fsp3) is 0.235. The van der Waals surface area contributed by atoms with E-state index < -0.39 is 0 Å². The lowest BCUT2D eigenvalue weighted by molar-refractivity contribution is -0.114. The molecule has 1 amide bonds. The highest BCUT2D eigenvalue weighted by atomic mass is 32.2. The molecule has 2 rings (SSSR count). The Bertz CT molecular complexity index is 641. The van der Waals surface area contributed by atoms with Crippen LogP contribution in [0.3, 0.4) is 0 Å². The topological polar surface area (TPSA) is 47.6 Å². The van der Waals surface area contributed by atoms with Gasteiger partial charge < -0.3 is 14.8 Å². The number of hydrogen-bond donors (Lipinski definition) is 1. The lowest BCUT2D eigenvalue weighted by atomic mass is 10.2. The maximum absolute atomic E-state index is 11.0. The van der Waals surface area contributed by atoms with Crippen LogP contribution in [0.1, 0.15) is 12.5 Å². The molecular formula is C17H19NO3S. The fourth-order valence-electron chi connectivity index (χ4n) is 1.99. The minimum Gasteiger partial charge on any atom is -0.497 e. The highest BCUT2D eigenvalue weighted by molar-refractivity contribution is 7.98. The summed E-state index contributed by atoms with van der Waals surface area (Å²) in [6, 6.07) is 13.5. The summed E-state index contributed by atoms with van der Waals surface area (Å²) in [6.07, 6.45) is 0. The summed E-state index contributed by atoms with van der Waals surface area (Å²) in [5.74, 6) is 2.38. The van der Waals surface area contributed by atoms with Gasteiger partial charge in [0, 0.05) is 28.8 Å². The third kappa shape index (κ3) is 4.43. The third-order valence-corrected chi connectivity index (χ3v) is 4.12. The SMILES string of the molecule is COc1ccc(OC)c(CSc2ccc(NC(C)=O)cc2)c1. The molecule has 0 aliphatic carbocycles. The Hall–Kier alpha value is -2.14. The monoisotopic (exact) mass is 317 g/mol. The van der Waals surface area contributed by atoms with Crippen LogP contribution < -0.4 is 14.8 Å². The zero-order valence-corrected chi connectivity index (χ0v) is 13.7. The molecule has 0 fully saturated rings. The number of ether oxygens (including phenoxy) is 2. The van der Waals surface area contributed by atoms with E-state index in [1.807, 2.05) is 42.5 Å². The van der Waals surface area contributed by atoms with Gasteiger partial charge in [0.15, 0.2) is 0 Å². The minimum atomic E-state index is -0.0680. The maximum Gasteiger partial charge on any atom is 0.221 e. The van der Waals surface area contributed by atoms with E-state index in [0.717, 1.165) is 33.4 Å². The number of amides is 1. The van der Waals surface area contributed by atoms with E-state index in [0.29, 0.717) is 0 Å². The zero-order chi connectivity index (χ0) is 15.9. The molecular weight excluding hydrogens is 298 g/mol. The molecule has 0 aromatic heterocycles. The summed E-state index contributed by atoms with van der Waals surface area (Å²) in [5, 5.41) is 2.75. The predicted molar refractivity (Wildman–Crippen MR) is 89.9 cm³/mol. The zero-order valence-electron chi connectivity index (χ0n) is 12.9. The number of benzene rings is 2. The van der Waals surface area contributed by atoms with E-state index in [1.54, 1.807) is 26.0 Å². The molecule has 0 aliphatic rings. The summed E-state index contributed by atoms with van der Waals surface area (Å²) in [4.78, 5) is 12.1. The van der Waals surface area contributed by atoms with Crippen LogP contribution >= 0.6 is 11.8 Å². The molecule has 2 aromatic rings. The second kappa shape index (κ2) is 7.75. The number of rotatable bonds is 6. The Kier molecular flexibility index (Phi) is 5.72. The summed E-state index contributed by atoms with van der Waals surface area (Å²) in [5.41, 5.74) is 1.88. The van der Waals surface area contributed by atoms with Crippen LogP contribution in [0.25, 0.3) is 0 Å². The second-order valence-electron chi connectivity index (χ2n) is 4.67. The van der Waals surface area contributed by atoms with Crippen molar-refractivity contribution in [3.8, 4) is 11.5 Å². The smallest absolute Gasteiger partial charge is 0.221 e. The van der Waals surface area contributed by atoms with Gasteiger partial charge in [-0.2, -0.15) is 0 Å². The van der Waals surface area contributed by atoms with E-state index in [4.69, 9.17) is 9.47 Å². The molecule has 4 nitrogen and oxygen atoms in total. The van der Waals surface area contributed by atoms with Crippen molar-refractivity contribution in [1.29, 1.82) is 0 Å². The van der Waals surface area contributed by atoms with Crippen molar-refractivity contribution in [2.75, 3.05) is 19.5 Å². The Morgan fingerprint density at radius 3 is 2.41 bits per heavy atom. The van der Waals surface area contributed by atoms with Crippen molar-refractivity contribution in [3.63, 3.8) is 0 Å². The van der Waals surface area contributed by atoms with Crippen LogP contribution in [0.15, 0.2) is 47.4 Å². The molecule has 0 aliphatic heterocycles. The number of carbonyl (C=O) groups excluding carboxylic acids is 1. The Morgan fingerprint density at radius 2 is 1.82 bits per heavy atom. The van der Waals surface area contributed by atoms with Gasteiger partial charge in [-0.15, -0.1) is 11.8 Å². The standard InChI is InChI=1S/C17H19NO3S/c1-12(19)18-14-4-7-16(8-5-14)22-11-13-10-15(20-2)6-9-17(13)21-3/h4-10H,11H2,1-3H3,(H,18,19). The number of hydrogen-bond acceptors (Lipinski definition) is 4. The molecule has 5 heteroatoms. The predicted octanol–water partition coefficient (Wildman–Crippen LogP) is 3.95. The first-order valence-electron chi connectivity index (χ1n) is 6.83. The molecule has 116 valence electrons. The quantitative estimate of drug-likeness (QED) is 0.819. The van der Waals surface area contributed by atoms with Crippen molar-refractivity contribution < 1.29 is 14.3 Å². The molecule has 0 radical (unpaired) electrons. The number of thioether (sulfide) groups is 1. The van der Waals surface area contributed by atoms with Gasteiger partial charge in [0.1, 0.15) is 11.5 Å². The molecule has 0 unspecified atom stereocenters. The van der Waals surface area contributed by atoms with E-state index >= 15 is 0 Å². The van der Waals surface area contributed by atoms with E-state index in [9.17, 15) is 4.79 Å². The molecule has 22 heavy (non-hydrogen) atoms. The molecule has 0 spiro atoms. The highest BCUT2D eigenvalue weighted by Gasteiger charge is 2.06. The second-order valence-corrected chi connectivity index (χ2v) is 5.72. The van der Waals surface area contributed by atoms with Crippen molar-refractivity contribution in [2.45, 2.75) is 17.6 Å². The van der Waals surface area contributed by atoms with Gasteiger partial charge in [0.05, 0.1) is 14.2 Å². The van der Waals surface area contributed by atoms with Crippen molar-refractivity contribution in [3.05, 3.63) is 48.0 Å². The van der Waals surface area contributed by atoms with Crippen molar-refractivity contribution >= 4 is 23.4 Å². The number of methoxy groups -OCH3 is 2. The minimum absolute atomic E-state index is 0.0680. The van der Waals surface area contributed by atoms with Crippen LogP contribution in [0.5, 0.6) is 11.5 Å². The molecule has 0 saturated carbocycles. The van der Waals surface area contributed by atoms with Crippen LogP contribution in [0, 0.1) is 0 Å². The van der Waals surface area contributed by atoms with Gasteiger partial charge in [0.25, 0.3) is 0 Å². The van der Waals surface area contributed by atoms with Crippen molar-refractivity contribution in [1.82, 2.24) is 0 Å². The van der Waals surface area contributed by atoms with Crippen LogP contribution in [0.4, 0.5) is 5.69 Å². The lowest BCUT2D eigenvalue weighted by Gasteiger charge is -2.10. The first kappa shape index (κ1) is 16.2. The average Bonchev–Trinajstić information content (AvgIpc) is 2.53. The van der Waals surface area contributed by atoms with Gasteiger partial charge in [-0.25, -0.2) is 0 Å². The van der Waals surface area contributed by atoms with Gasteiger partial charge in [-0.05, 0) is 42.5 Å². The number of anilines is 1. The van der Waals surface area contributed by atoms with Crippen molar-refractivity contribution in [2.24, 2.45) is 0 Å². The highest BCUT2D eigenvalue weighted by Crippen LogP contribution is 2.31. The summed E-state index contributed by atoms with van der Waals surface area (Å²) in [6.45, 7) is 1.50. The van der Waals surface area contributed by atoms with Gasteiger partial charge >= 0.3 is 0 Å². The molecule has 0 heterocycles. The van der Waals surface area contributed by atoms with Gasteiger partial charge in [0.2, 0.25) is 5.91 Å². The third-order valence-electron chi connectivity index (χ3n) is 3.06. The molecule has 2 aromatic carbocycles.